The second-order valence-electron chi connectivity index (χ2n) is 3.17. The van der Waals surface area contributed by atoms with Crippen LogP contribution >= 0.6 is 0 Å². The normalized spacial score (nSPS) is 9.80. The lowest BCUT2D eigenvalue weighted by Crippen LogP contribution is -1.83. The third-order valence-electron chi connectivity index (χ3n) is 2.07. The Kier molecular flexibility index (Phi) is 2.80. The summed E-state index contributed by atoms with van der Waals surface area (Å²) in [6, 6.07) is 11.8. The molecule has 0 bridgehead atoms. The van der Waals surface area contributed by atoms with Gasteiger partial charge < -0.3 is 4.42 Å². The highest BCUT2D eigenvalue weighted by molar-refractivity contribution is 5.52. The van der Waals surface area contributed by atoms with Gasteiger partial charge in [-0.2, -0.15) is 5.26 Å². The van der Waals surface area contributed by atoms with Crippen LogP contribution in [0.15, 0.2) is 41.0 Å². The second kappa shape index (κ2) is 4.43. The van der Waals surface area contributed by atoms with Gasteiger partial charge in [-0.25, -0.2) is 4.98 Å². The Labute approximate surface area is 88.0 Å². The van der Waals surface area contributed by atoms with Gasteiger partial charge in [0.15, 0.2) is 0 Å². The minimum atomic E-state index is 0.473. The van der Waals surface area contributed by atoms with E-state index in [1.54, 1.807) is 6.26 Å². The Balaban J connectivity index is 2.18. The maximum atomic E-state index is 8.44. The van der Waals surface area contributed by atoms with Gasteiger partial charge in [-0.1, -0.05) is 18.2 Å². The molecule has 3 nitrogen and oxygen atoms in total. The number of benzene rings is 1. The molecule has 0 amide bonds. The van der Waals surface area contributed by atoms with Crippen molar-refractivity contribution < 1.29 is 4.42 Å². The molecule has 0 aliphatic heterocycles. The molecule has 0 aliphatic rings. The van der Waals surface area contributed by atoms with Crippen LogP contribution in [0, 0.1) is 11.3 Å². The summed E-state index contributed by atoms with van der Waals surface area (Å²) in [7, 11) is 0. The average Bonchev–Trinajstić information content (AvgIpc) is 2.76. The Bertz CT molecular complexity index is 468. The Hall–Kier alpha value is -2.08. The van der Waals surface area contributed by atoms with Crippen LogP contribution in [-0.4, -0.2) is 4.98 Å². The third kappa shape index (κ3) is 2.23. The zero-order valence-corrected chi connectivity index (χ0v) is 8.18. The van der Waals surface area contributed by atoms with Gasteiger partial charge in [0.2, 0.25) is 5.89 Å². The first-order valence-corrected chi connectivity index (χ1v) is 4.77. The highest BCUT2D eigenvalue weighted by Gasteiger charge is 2.05. The van der Waals surface area contributed by atoms with Gasteiger partial charge in [0.05, 0.1) is 11.8 Å². The van der Waals surface area contributed by atoms with Crippen molar-refractivity contribution in [3.8, 4) is 17.5 Å². The van der Waals surface area contributed by atoms with Crippen molar-refractivity contribution in [3.05, 3.63) is 42.3 Å². The molecule has 0 unspecified atom stereocenters. The van der Waals surface area contributed by atoms with E-state index in [0.29, 0.717) is 18.7 Å². The number of aromatic nitrogens is 1. The number of nitrogens with zero attached hydrogens (tertiary/aromatic N) is 2. The van der Waals surface area contributed by atoms with Crippen LogP contribution in [0.25, 0.3) is 11.5 Å². The van der Waals surface area contributed by atoms with Gasteiger partial charge in [-0.3, -0.25) is 0 Å². The molecule has 2 aromatic rings. The average molecular weight is 198 g/mol. The van der Waals surface area contributed by atoms with Crippen LogP contribution in [-0.2, 0) is 6.42 Å². The molecule has 0 aliphatic carbocycles. The maximum Gasteiger partial charge on any atom is 0.226 e. The van der Waals surface area contributed by atoms with E-state index >= 15 is 0 Å². The number of oxazole rings is 1. The first-order valence-electron chi connectivity index (χ1n) is 4.77. The molecule has 0 N–H and O–H groups in total. The minimum Gasteiger partial charge on any atom is -0.444 e. The molecule has 3 heteroatoms. The van der Waals surface area contributed by atoms with E-state index in [2.05, 4.69) is 11.1 Å². The van der Waals surface area contributed by atoms with E-state index in [1.165, 1.54) is 0 Å². The summed E-state index contributed by atoms with van der Waals surface area (Å²) in [5, 5.41) is 8.44. The molecular formula is C12H10N2O. The van der Waals surface area contributed by atoms with E-state index in [0.717, 1.165) is 11.3 Å². The number of nitriles is 1. The summed E-state index contributed by atoms with van der Waals surface area (Å²) >= 11 is 0. The summed E-state index contributed by atoms with van der Waals surface area (Å²) in [5.41, 5.74) is 1.79. The van der Waals surface area contributed by atoms with Crippen molar-refractivity contribution in [2.24, 2.45) is 0 Å². The molecule has 1 aromatic heterocycles. The number of aryl methyl sites for hydroxylation is 1. The molecule has 0 fully saturated rings. The predicted molar refractivity (Wildman–Crippen MR) is 55.9 cm³/mol. The highest BCUT2D eigenvalue weighted by Crippen LogP contribution is 2.18. The third-order valence-corrected chi connectivity index (χ3v) is 2.07. The Morgan fingerprint density at radius 1 is 1.27 bits per heavy atom. The Morgan fingerprint density at radius 2 is 2.07 bits per heavy atom. The van der Waals surface area contributed by atoms with E-state index in [1.807, 2.05) is 30.3 Å². The lowest BCUT2D eigenvalue weighted by Gasteiger charge is -1.92. The molecule has 1 heterocycles. The van der Waals surface area contributed by atoms with Crippen molar-refractivity contribution in [1.82, 2.24) is 4.98 Å². The number of rotatable bonds is 3. The van der Waals surface area contributed by atoms with E-state index in [9.17, 15) is 0 Å². The molecule has 0 saturated carbocycles. The molecule has 0 saturated heterocycles. The molecule has 1 aromatic carbocycles. The first kappa shape index (κ1) is 9.47. The summed E-state index contributed by atoms with van der Waals surface area (Å²) in [6.45, 7) is 0. The quantitative estimate of drug-likeness (QED) is 0.761. The SMILES string of the molecule is N#CCCc1coc(-c2ccccc2)n1. The molecule has 0 spiro atoms. The smallest absolute Gasteiger partial charge is 0.226 e. The van der Waals surface area contributed by atoms with Crippen molar-refractivity contribution in [3.63, 3.8) is 0 Å². The highest BCUT2D eigenvalue weighted by atomic mass is 16.3. The molecular weight excluding hydrogens is 188 g/mol. The van der Waals surface area contributed by atoms with Gasteiger partial charge in [-0.05, 0) is 12.1 Å². The van der Waals surface area contributed by atoms with Crippen LogP contribution in [0.4, 0.5) is 0 Å². The monoisotopic (exact) mass is 198 g/mol. The maximum absolute atomic E-state index is 8.44. The van der Waals surface area contributed by atoms with Crippen LogP contribution in [0.1, 0.15) is 12.1 Å². The van der Waals surface area contributed by atoms with Gasteiger partial charge in [0.25, 0.3) is 0 Å². The number of hydrogen-bond donors (Lipinski definition) is 0. The number of hydrogen-bond acceptors (Lipinski definition) is 3. The van der Waals surface area contributed by atoms with Gasteiger partial charge in [0, 0.05) is 18.4 Å². The summed E-state index contributed by atoms with van der Waals surface area (Å²) < 4.78 is 5.33. The first-order chi connectivity index (χ1) is 7.40. The lowest BCUT2D eigenvalue weighted by atomic mass is 10.2. The zero-order chi connectivity index (χ0) is 10.5. The fourth-order valence-electron chi connectivity index (χ4n) is 1.32. The largest absolute Gasteiger partial charge is 0.444 e. The lowest BCUT2D eigenvalue weighted by molar-refractivity contribution is 0.572. The van der Waals surface area contributed by atoms with Crippen molar-refractivity contribution >= 4 is 0 Å². The van der Waals surface area contributed by atoms with Crippen LogP contribution < -0.4 is 0 Å². The van der Waals surface area contributed by atoms with Crippen molar-refractivity contribution in [2.45, 2.75) is 12.8 Å². The molecule has 0 radical (unpaired) electrons. The van der Waals surface area contributed by atoms with Crippen molar-refractivity contribution in [1.29, 1.82) is 5.26 Å². The second-order valence-corrected chi connectivity index (χ2v) is 3.17. The fourth-order valence-corrected chi connectivity index (χ4v) is 1.32. The van der Waals surface area contributed by atoms with Crippen LogP contribution in [0.5, 0.6) is 0 Å². The molecule has 15 heavy (non-hydrogen) atoms. The predicted octanol–water partition coefficient (Wildman–Crippen LogP) is 2.80. The van der Waals surface area contributed by atoms with Gasteiger partial charge in [0.1, 0.15) is 6.26 Å². The Morgan fingerprint density at radius 3 is 2.80 bits per heavy atom. The van der Waals surface area contributed by atoms with Gasteiger partial charge >= 0.3 is 0 Å². The minimum absolute atomic E-state index is 0.473. The van der Waals surface area contributed by atoms with E-state index < -0.39 is 0 Å². The fraction of sp³-hybridized carbons (Fsp3) is 0.167. The molecule has 2 rings (SSSR count). The topological polar surface area (TPSA) is 49.8 Å². The molecule has 0 atom stereocenters. The van der Waals surface area contributed by atoms with E-state index in [-0.39, 0.29) is 0 Å². The van der Waals surface area contributed by atoms with E-state index in [4.69, 9.17) is 9.68 Å². The van der Waals surface area contributed by atoms with Crippen LogP contribution in [0.3, 0.4) is 0 Å². The zero-order valence-electron chi connectivity index (χ0n) is 8.18. The van der Waals surface area contributed by atoms with Gasteiger partial charge in [-0.15, -0.1) is 0 Å². The summed E-state index contributed by atoms with van der Waals surface area (Å²) in [4.78, 5) is 4.30. The molecule has 74 valence electrons. The van der Waals surface area contributed by atoms with Crippen molar-refractivity contribution in [2.75, 3.05) is 0 Å². The van der Waals surface area contributed by atoms with Crippen LogP contribution in [0.2, 0.25) is 0 Å². The summed E-state index contributed by atoms with van der Waals surface area (Å²) in [6.07, 6.45) is 2.73. The standard InChI is InChI=1S/C12H10N2O/c13-8-4-7-11-9-15-12(14-11)10-5-2-1-3-6-10/h1-3,5-6,9H,4,7H2. The summed E-state index contributed by atoms with van der Waals surface area (Å²) in [5.74, 6) is 0.614.